The van der Waals surface area contributed by atoms with Crippen molar-refractivity contribution in [1.82, 2.24) is 19.1 Å². The molecule has 0 fully saturated rings. The van der Waals surface area contributed by atoms with E-state index >= 15 is 0 Å². The van der Waals surface area contributed by atoms with Crippen molar-refractivity contribution in [2.45, 2.75) is 6.54 Å². The number of hydrogen-bond donors (Lipinski definition) is 4. The number of anilines is 1. The van der Waals surface area contributed by atoms with Crippen molar-refractivity contribution in [1.29, 1.82) is 0 Å². The molecule has 10 nitrogen and oxygen atoms in total. The fourth-order valence-electron chi connectivity index (χ4n) is 2.36. The van der Waals surface area contributed by atoms with Gasteiger partial charge in [0.2, 0.25) is 5.95 Å². The number of hydrazone groups is 1. The second kappa shape index (κ2) is 6.61. The average molecular weight is 344 g/mol. The number of imidazole rings is 1. The number of nitrogens with zero attached hydrogens (tertiary/aromatic N) is 4. The minimum absolute atomic E-state index is 0.106. The summed E-state index contributed by atoms with van der Waals surface area (Å²) in [6.07, 6.45) is 1.51. The van der Waals surface area contributed by atoms with Gasteiger partial charge in [-0.25, -0.2) is 10.2 Å². The molecule has 4 N–H and O–H groups in total. The first-order valence-electron chi connectivity index (χ1n) is 7.40. The number of aliphatic hydroxyl groups is 1. The van der Waals surface area contributed by atoms with Gasteiger partial charge in [-0.3, -0.25) is 14.3 Å². The lowest BCUT2D eigenvalue weighted by molar-refractivity contribution is 0.278. The van der Waals surface area contributed by atoms with Crippen LogP contribution in [-0.4, -0.2) is 42.1 Å². The van der Waals surface area contributed by atoms with Crippen molar-refractivity contribution in [3.63, 3.8) is 0 Å². The first-order valence-corrected chi connectivity index (χ1v) is 7.40. The molecule has 3 aromatic rings. The summed E-state index contributed by atoms with van der Waals surface area (Å²) in [4.78, 5) is 30.2. The van der Waals surface area contributed by atoms with Gasteiger partial charge in [0.25, 0.3) is 5.56 Å². The lowest BCUT2D eigenvalue weighted by Crippen LogP contribution is -2.29. The predicted octanol–water partition coefficient (Wildman–Crippen LogP) is -0.433. The Kier molecular flexibility index (Phi) is 4.35. The highest BCUT2D eigenvalue weighted by molar-refractivity contribution is 5.80. The summed E-state index contributed by atoms with van der Waals surface area (Å²) in [5.41, 5.74) is 2.62. The van der Waals surface area contributed by atoms with E-state index in [0.29, 0.717) is 0 Å². The number of phenols is 1. The number of aromatic hydroxyl groups is 1. The minimum Gasteiger partial charge on any atom is -0.508 e. The third kappa shape index (κ3) is 3.15. The molecule has 10 heteroatoms. The Bertz CT molecular complexity index is 1040. The van der Waals surface area contributed by atoms with E-state index in [9.17, 15) is 19.8 Å². The maximum atomic E-state index is 12.1. The molecule has 0 saturated heterocycles. The molecule has 130 valence electrons. The number of H-pyrrole nitrogens is 1. The Morgan fingerprint density at radius 3 is 2.72 bits per heavy atom. The highest BCUT2D eigenvalue weighted by Gasteiger charge is 2.16. The molecular weight excluding hydrogens is 328 g/mol. The third-order valence-electron chi connectivity index (χ3n) is 3.60. The van der Waals surface area contributed by atoms with Crippen LogP contribution in [0.1, 0.15) is 5.56 Å². The van der Waals surface area contributed by atoms with Crippen LogP contribution in [0, 0.1) is 0 Å². The van der Waals surface area contributed by atoms with Crippen LogP contribution in [0.15, 0.2) is 39.0 Å². The van der Waals surface area contributed by atoms with Crippen molar-refractivity contribution in [2.75, 3.05) is 12.0 Å². The van der Waals surface area contributed by atoms with Crippen LogP contribution in [0.5, 0.6) is 5.75 Å². The van der Waals surface area contributed by atoms with Crippen LogP contribution in [-0.2, 0) is 13.6 Å². The van der Waals surface area contributed by atoms with Crippen LogP contribution in [0.3, 0.4) is 0 Å². The molecule has 1 aromatic carbocycles. The predicted molar refractivity (Wildman–Crippen MR) is 92.0 cm³/mol. The third-order valence-corrected chi connectivity index (χ3v) is 3.60. The van der Waals surface area contributed by atoms with Crippen LogP contribution < -0.4 is 16.7 Å². The van der Waals surface area contributed by atoms with E-state index in [-0.39, 0.29) is 36.0 Å². The van der Waals surface area contributed by atoms with Gasteiger partial charge in [0.05, 0.1) is 12.8 Å². The standard InChI is InChI=1S/C15H16N6O4/c1-20-12-11(13(24)18-15(20)25)21(6-7-22)14(17-12)19-16-8-9-2-4-10(23)5-3-9/h2-5,8,22-23H,6-7H2,1H3,(H,17,19)(H,18,24,25). The molecule has 0 spiro atoms. The molecule has 0 amide bonds. The normalized spacial score (nSPS) is 11.4. The molecular formula is C15H16N6O4. The van der Waals surface area contributed by atoms with E-state index in [0.717, 1.165) is 5.56 Å². The van der Waals surface area contributed by atoms with Crippen LogP contribution in [0.25, 0.3) is 11.2 Å². The zero-order valence-corrected chi connectivity index (χ0v) is 13.3. The van der Waals surface area contributed by atoms with Gasteiger partial charge in [0, 0.05) is 13.6 Å². The summed E-state index contributed by atoms with van der Waals surface area (Å²) in [5, 5.41) is 22.5. The highest BCUT2D eigenvalue weighted by Crippen LogP contribution is 2.15. The summed E-state index contributed by atoms with van der Waals surface area (Å²) in [5.74, 6) is 0.362. The zero-order chi connectivity index (χ0) is 18.0. The molecule has 25 heavy (non-hydrogen) atoms. The fraction of sp³-hybridized carbons (Fsp3) is 0.200. The van der Waals surface area contributed by atoms with Crippen molar-refractivity contribution in [2.24, 2.45) is 12.1 Å². The van der Waals surface area contributed by atoms with Gasteiger partial charge in [-0.1, -0.05) is 0 Å². The van der Waals surface area contributed by atoms with Crippen LogP contribution in [0.4, 0.5) is 5.95 Å². The van der Waals surface area contributed by atoms with Crippen molar-refractivity contribution >= 4 is 23.3 Å². The molecule has 3 rings (SSSR count). The average Bonchev–Trinajstić information content (AvgIpc) is 2.94. The monoisotopic (exact) mass is 344 g/mol. The lowest BCUT2D eigenvalue weighted by Gasteiger charge is -2.05. The van der Waals surface area contributed by atoms with Crippen molar-refractivity contribution < 1.29 is 10.2 Å². The van der Waals surface area contributed by atoms with Crippen LogP contribution in [0.2, 0.25) is 0 Å². The van der Waals surface area contributed by atoms with Gasteiger partial charge in [0.15, 0.2) is 11.2 Å². The Hall–Kier alpha value is -3.40. The van der Waals surface area contributed by atoms with E-state index in [1.807, 2.05) is 0 Å². The summed E-state index contributed by atoms with van der Waals surface area (Å²) in [6, 6.07) is 6.40. The highest BCUT2D eigenvalue weighted by atomic mass is 16.3. The first-order chi connectivity index (χ1) is 12.0. The van der Waals surface area contributed by atoms with Gasteiger partial charge in [0.1, 0.15) is 5.75 Å². The second-order valence-corrected chi connectivity index (χ2v) is 5.26. The maximum Gasteiger partial charge on any atom is 0.329 e. The Morgan fingerprint density at radius 2 is 2.04 bits per heavy atom. The molecule has 0 unspecified atom stereocenters. The molecule has 2 aromatic heterocycles. The summed E-state index contributed by atoms with van der Waals surface area (Å²) in [6.45, 7) is -0.112. The van der Waals surface area contributed by atoms with E-state index in [1.165, 1.54) is 34.5 Å². The largest absolute Gasteiger partial charge is 0.508 e. The number of nitrogens with one attached hydrogen (secondary N) is 2. The smallest absolute Gasteiger partial charge is 0.329 e. The fourth-order valence-corrected chi connectivity index (χ4v) is 2.36. The molecule has 0 saturated carbocycles. The van der Waals surface area contributed by atoms with Gasteiger partial charge in [-0.2, -0.15) is 10.1 Å². The lowest BCUT2D eigenvalue weighted by atomic mass is 10.2. The van der Waals surface area contributed by atoms with Gasteiger partial charge in [-0.05, 0) is 29.8 Å². The topological polar surface area (TPSA) is 138 Å². The number of aliphatic hydroxyl groups excluding tert-OH is 1. The van der Waals surface area contributed by atoms with Crippen molar-refractivity contribution in [3.05, 3.63) is 50.7 Å². The van der Waals surface area contributed by atoms with Crippen molar-refractivity contribution in [3.8, 4) is 5.75 Å². The number of hydrogen-bond acceptors (Lipinski definition) is 7. The number of aryl methyl sites for hydroxylation is 1. The maximum absolute atomic E-state index is 12.1. The van der Waals surface area contributed by atoms with E-state index in [2.05, 4.69) is 20.5 Å². The molecule has 0 atom stereocenters. The molecule has 0 aliphatic carbocycles. The summed E-state index contributed by atoms with van der Waals surface area (Å²) < 4.78 is 2.65. The van der Waals surface area contributed by atoms with E-state index < -0.39 is 11.2 Å². The number of aromatic nitrogens is 4. The van der Waals surface area contributed by atoms with E-state index in [4.69, 9.17) is 0 Å². The van der Waals surface area contributed by atoms with Gasteiger partial charge < -0.3 is 14.8 Å². The number of fused-ring (bicyclic) bond motifs is 1. The SMILES string of the molecule is Cn1c(=O)[nH]c(=O)c2c1nc(NN=Cc1ccc(O)cc1)n2CCO. The number of rotatable bonds is 5. The summed E-state index contributed by atoms with van der Waals surface area (Å²) >= 11 is 0. The number of aromatic amines is 1. The number of benzene rings is 1. The molecule has 0 radical (unpaired) electrons. The van der Waals surface area contributed by atoms with Gasteiger partial charge in [-0.15, -0.1) is 0 Å². The van der Waals surface area contributed by atoms with E-state index in [1.54, 1.807) is 12.1 Å². The molecule has 0 bridgehead atoms. The summed E-state index contributed by atoms with van der Waals surface area (Å²) in [7, 11) is 1.49. The molecule has 0 aliphatic heterocycles. The Morgan fingerprint density at radius 1 is 1.32 bits per heavy atom. The zero-order valence-electron chi connectivity index (χ0n) is 13.3. The first kappa shape index (κ1) is 16.5. The Labute approximate surface area is 140 Å². The minimum atomic E-state index is -0.588. The van der Waals surface area contributed by atoms with Gasteiger partial charge >= 0.3 is 5.69 Å². The molecule has 0 aliphatic rings. The quantitative estimate of drug-likeness (QED) is 0.366. The molecule has 2 heterocycles. The number of phenolic OH excluding ortho intramolecular Hbond substituents is 1. The second-order valence-electron chi connectivity index (χ2n) is 5.26. The Balaban J connectivity index is 2.00. The van der Waals surface area contributed by atoms with Crippen LogP contribution >= 0.6 is 0 Å².